The lowest BCUT2D eigenvalue weighted by molar-refractivity contribution is 0.416. The van der Waals surface area contributed by atoms with E-state index in [1.54, 1.807) is 0 Å². The molecule has 0 aliphatic rings. The number of aromatic nitrogens is 2. The van der Waals surface area contributed by atoms with Crippen molar-refractivity contribution < 1.29 is 4.74 Å². The zero-order valence-electron chi connectivity index (χ0n) is 12.8. The second-order valence-electron chi connectivity index (χ2n) is 6.00. The molecule has 5 heteroatoms. The van der Waals surface area contributed by atoms with Gasteiger partial charge in [-0.2, -0.15) is 5.10 Å². The highest BCUT2D eigenvalue weighted by atomic mass is 79.9. The molecular formula is C16H20BrN3O. The molecule has 1 aromatic heterocycles. The summed E-state index contributed by atoms with van der Waals surface area (Å²) in [6, 6.07) is 9.66. The van der Waals surface area contributed by atoms with Gasteiger partial charge in [0, 0.05) is 18.2 Å². The molecule has 0 atom stereocenters. The van der Waals surface area contributed by atoms with Crippen LogP contribution in [0.5, 0.6) is 11.6 Å². The summed E-state index contributed by atoms with van der Waals surface area (Å²) in [6.07, 6.45) is 0. The third-order valence-electron chi connectivity index (χ3n) is 2.80. The molecule has 21 heavy (non-hydrogen) atoms. The van der Waals surface area contributed by atoms with Crippen LogP contribution < -0.4 is 10.1 Å². The minimum absolute atomic E-state index is 0.0591. The molecule has 112 valence electrons. The van der Waals surface area contributed by atoms with Crippen LogP contribution in [-0.4, -0.2) is 15.7 Å². The second kappa shape index (κ2) is 6.54. The molecule has 1 heterocycles. The Labute approximate surface area is 134 Å². The van der Waals surface area contributed by atoms with Gasteiger partial charge in [-0.15, -0.1) is 5.10 Å². The van der Waals surface area contributed by atoms with Crippen molar-refractivity contribution in [1.29, 1.82) is 0 Å². The van der Waals surface area contributed by atoms with Crippen molar-refractivity contribution in [3.05, 3.63) is 46.1 Å². The predicted molar refractivity (Wildman–Crippen MR) is 87.6 cm³/mol. The summed E-state index contributed by atoms with van der Waals surface area (Å²) in [7, 11) is 0. The Morgan fingerprint density at radius 1 is 1.14 bits per heavy atom. The summed E-state index contributed by atoms with van der Waals surface area (Å²) in [6.45, 7) is 9.07. The zero-order chi connectivity index (χ0) is 15.5. The Morgan fingerprint density at radius 2 is 1.90 bits per heavy atom. The first-order chi connectivity index (χ1) is 9.83. The lowest BCUT2D eigenvalue weighted by Crippen LogP contribution is -2.35. The molecule has 1 N–H and O–H groups in total. The fraction of sp³-hybridized carbons (Fsp3) is 0.375. The number of rotatable bonds is 4. The smallest absolute Gasteiger partial charge is 0.238 e. The van der Waals surface area contributed by atoms with Gasteiger partial charge < -0.3 is 10.1 Å². The molecule has 0 spiro atoms. The van der Waals surface area contributed by atoms with Crippen molar-refractivity contribution in [1.82, 2.24) is 15.5 Å². The van der Waals surface area contributed by atoms with Gasteiger partial charge in [0.25, 0.3) is 0 Å². The molecule has 0 amide bonds. The number of hydrogen-bond donors (Lipinski definition) is 1. The third kappa shape index (κ3) is 5.10. The quantitative estimate of drug-likeness (QED) is 0.897. The van der Waals surface area contributed by atoms with Crippen molar-refractivity contribution in [2.45, 2.75) is 39.8 Å². The largest absolute Gasteiger partial charge is 0.436 e. The lowest BCUT2D eigenvalue weighted by atomic mass is 10.1. The maximum atomic E-state index is 5.72. The predicted octanol–water partition coefficient (Wildman–Crippen LogP) is 4.23. The average molecular weight is 350 g/mol. The first kappa shape index (κ1) is 15.9. The van der Waals surface area contributed by atoms with Crippen LogP contribution in [0, 0.1) is 6.92 Å². The van der Waals surface area contributed by atoms with Crippen molar-refractivity contribution in [3.63, 3.8) is 0 Å². The van der Waals surface area contributed by atoms with E-state index in [1.807, 2.05) is 37.3 Å². The van der Waals surface area contributed by atoms with Crippen LogP contribution in [0.25, 0.3) is 0 Å². The summed E-state index contributed by atoms with van der Waals surface area (Å²) >= 11 is 3.48. The molecule has 0 bridgehead atoms. The topological polar surface area (TPSA) is 47.0 Å². The maximum Gasteiger partial charge on any atom is 0.238 e. The fourth-order valence-electron chi connectivity index (χ4n) is 1.65. The first-order valence-corrected chi connectivity index (χ1v) is 7.64. The zero-order valence-corrected chi connectivity index (χ0v) is 14.4. The van der Waals surface area contributed by atoms with Gasteiger partial charge in [-0.25, -0.2) is 0 Å². The van der Waals surface area contributed by atoms with Crippen molar-refractivity contribution in [3.8, 4) is 11.6 Å². The molecule has 4 nitrogen and oxygen atoms in total. The Bertz CT molecular complexity index is 606. The standard InChI is InChI=1S/C16H20BrN3O/c1-11-5-7-14(13(17)9-11)21-15-8-6-12(19-20-15)10-18-16(2,3)4/h5-9,18H,10H2,1-4H3. The van der Waals surface area contributed by atoms with Gasteiger partial charge in [0.2, 0.25) is 5.88 Å². The van der Waals surface area contributed by atoms with Crippen LogP contribution in [0.15, 0.2) is 34.8 Å². The van der Waals surface area contributed by atoms with Gasteiger partial charge in [-0.05, 0) is 67.4 Å². The van der Waals surface area contributed by atoms with E-state index in [0.29, 0.717) is 12.4 Å². The Hall–Kier alpha value is -1.46. The van der Waals surface area contributed by atoms with E-state index in [-0.39, 0.29) is 5.54 Å². The number of benzene rings is 1. The van der Waals surface area contributed by atoms with E-state index < -0.39 is 0 Å². The molecule has 2 rings (SSSR count). The number of halogens is 1. The number of ether oxygens (including phenoxy) is 1. The van der Waals surface area contributed by atoms with Crippen LogP contribution in [0.1, 0.15) is 32.0 Å². The summed E-state index contributed by atoms with van der Waals surface area (Å²) < 4.78 is 6.63. The normalized spacial score (nSPS) is 11.5. The summed E-state index contributed by atoms with van der Waals surface area (Å²) in [5.41, 5.74) is 2.12. The highest BCUT2D eigenvalue weighted by molar-refractivity contribution is 9.10. The minimum atomic E-state index is 0.0591. The number of aryl methyl sites for hydroxylation is 1. The molecule has 0 unspecified atom stereocenters. The van der Waals surface area contributed by atoms with E-state index in [4.69, 9.17) is 4.74 Å². The minimum Gasteiger partial charge on any atom is -0.436 e. The third-order valence-corrected chi connectivity index (χ3v) is 3.42. The monoisotopic (exact) mass is 349 g/mol. The van der Waals surface area contributed by atoms with Gasteiger partial charge in [0.05, 0.1) is 10.2 Å². The van der Waals surface area contributed by atoms with E-state index >= 15 is 0 Å². The number of nitrogens with one attached hydrogen (secondary N) is 1. The van der Waals surface area contributed by atoms with Crippen molar-refractivity contribution >= 4 is 15.9 Å². The van der Waals surface area contributed by atoms with Crippen molar-refractivity contribution in [2.24, 2.45) is 0 Å². The lowest BCUT2D eigenvalue weighted by Gasteiger charge is -2.19. The van der Waals surface area contributed by atoms with Gasteiger partial charge in [-0.3, -0.25) is 0 Å². The maximum absolute atomic E-state index is 5.72. The highest BCUT2D eigenvalue weighted by Crippen LogP contribution is 2.29. The van der Waals surface area contributed by atoms with Crippen LogP contribution in [-0.2, 0) is 6.54 Å². The molecule has 1 aromatic carbocycles. The molecule has 2 aromatic rings. The average Bonchev–Trinajstić information content (AvgIpc) is 2.40. The van der Waals surface area contributed by atoms with E-state index in [2.05, 4.69) is 52.2 Å². The Balaban J connectivity index is 2.02. The molecule has 0 radical (unpaired) electrons. The van der Waals surface area contributed by atoms with Gasteiger partial charge in [0.15, 0.2) is 0 Å². The first-order valence-electron chi connectivity index (χ1n) is 6.85. The van der Waals surface area contributed by atoms with Gasteiger partial charge in [-0.1, -0.05) is 6.07 Å². The van der Waals surface area contributed by atoms with Crippen molar-refractivity contribution in [2.75, 3.05) is 0 Å². The summed E-state index contributed by atoms with van der Waals surface area (Å²) in [5.74, 6) is 1.22. The number of nitrogens with zero attached hydrogens (tertiary/aromatic N) is 2. The highest BCUT2D eigenvalue weighted by Gasteiger charge is 2.09. The molecule has 0 aliphatic carbocycles. The molecule has 0 saturated heterocycles. The van der Waals surface area contributed by atoms with E-state index in [9.17, 15) is 0 Å². The van der Waals surface area contributed by atoms with E-state index in [1.165, 1.54) is 5.56 Å². The fourth-order valence-corrected chi connectivity index (χ4v) is 2.23. The Morgan fingerprint density at radius 3 is 2.48 bits per heavy atom. The Kier molecular flexibility index (Phi) is 4.96. The molecule has 0 aliphatic heterocycles. The molecule has 0 fully saturated rings. The van der Waals surface area contributed by atoms with Crippen LogP contribution in [0.3, 0.4) is 0 Å². The summed E-state index contributed by atoms with van der Waals surface area (Å²) in [4.78, 5) is 0. The SMILES string of the molecule is Cc1ccc(Oc2ccc(CNC(C)(C)C)nn2)c(Br)c1. The van der Waals surface area contributed by atoms with Gasteiger partial charge >= 0.3 is 0 Å². The van der Waals surface area contributed by atoms with Crippen LogP contribution in [0.4, 0.5) is 0 Å². The molecule has 0 saturated carbocycles. The summed E-state index contributed by atoms with van der Waals surface area (Å²) in [5, 5.41) is 11.6. The van der Waals surface area contributed by atoms with Crippen LogP contribution in [0.2, 0.25) is 0 Å². The second-order valence-corrected chi connectivity index (χ2v) is 6.86. The molecular weight excluding hydrogens is 330 g/mol. The number of hydrogen-bond acceptors (Lipinski definition) is 4. The van der Waals surface area contributed by atoms with Crippen LogP contribution >= 0.6 is 15.9 Å². The van der Waals surface area contributed by atoms with E-state index in [0.717, 1.165) is 15.9 Å². The van der Waals surface area contributed by atoms with Gasteiger partial charge in [0.1, 0.15) is 5.75 Å².